The zero-order chi connectivity index (χ0) is 19.9. The number of methoxy groups -OCH3 is 3. The highest BCUT2D eigenvalue weighted by Gasteiger charge is 2.14. The van der Waals surface area contributed by atoms with E-state index in [2.05, 4.69) is 10.6 Å². The summed E-state index contributed by atoms with van der Waals surface area (Å²) in [7, 11) is 4.74. The zero-order valence-corrected chi connectivity index (χ0v) is 16.2. The molecule has 0 unspecified atom stereocenters. The van der Waals surface area contributed by atoms with E-state index in [9.17, 15) is 4.79 Å². The summed E-state index contributed by atoms with van der Waals surface area (Å²) in [6.07, 6.45) is 0.568. The minimum absolute atomic E-state index is 0.309. The Morgan fingerprint density at radius 1 is 0.929 bits per heavy atom. The molecule has 1 aliphatic heterocycles. The average Bonchev–Trinajstić information content (AvgIpc) is 2.73. The van der Waals surface area contributed by atoms with E-state index in [1.165, 1.54) is 0 Å². The Morgan fingerprint density at radius 2 is 1.61 bits per heavy atom. The minimum Gasteiger partial charge on any atom is -0.496 e. The third-order valence-corrected chi connectivity index (χ3v) is 4.27. The van der Waals surface area contributed by atoms with Crippen LogP contribution in [0.15, 0.2) is 30.3 Å². The summed E-state index contributed by atoms with van der Waals surface area (Å²) in [6.45, 7) is 1.44. The van der Waals surface area contributed by atoms with Gasteiger partial charge in [-0.25, -0.2) is 4.79 Å². The zero-order valence-electron chi connectivity index (χ0n) is 16.2. The van der Waals surface area contributed by atoms with Gasteiger partial charge in [-0.3, -0.25) is 0 Å². The van der Waals surface area contributed by atoms with Crippen LogP contribution in [-0.4, -0.2) is 47.1 Å². The van der Waals surface area contributed by atoms with Gasteiger partial charge >= 0.3 is 6.03 Å². The van der Waals surface area contributed by atoms with Gasteiger partial charge in [0.25, 0.3) is 0 Å². The van der Waals surface area contributed by atoms with Crippen LogP contribution in [0.4, 0.5) is 10.5 Å². The Hall–Kier alpha value is -3.29. The van der Waals surface area contributed by atoms with Crippen LogP contribution in [0.3, 0.4) is 0 Å². The van der Waals surface area contributed by atoms with Crippen LogP contribution in [0.2, 0.25) is 0 Å². The second-order valence-corrected chi connectivity index (χ2v) is 6.01. The topological polar surface area (TPSA) is 87.3 Å². The van der Waals surface area contributed by atoms with E-state index in [1.54, 1.807) is 45.6 Å². The molecule has 0 saturated carbocycles. The van der Waals surface area contributed by atoms with E-state index in [4.69, 9.17) is 23.7 Å². The summed E-state index contributed by atoms with van der Waals surface area (Å²) in [5, 5.41) is 5.61. The number of fused-ring (bicyclic) bond motifs is 1. The lowest BCUT2D eigenvalue weighted by atomic mass is 10.1. The van der Waals surface area contributed by atoms with Crippen LogP contribution in [0, 0.1) is 0 Å². The molecule has 0 saturated heterocycles. The van der Waals surface area contributed by atoms with Crippen molar-refractivity contribution in [3.63, 3.8) is 0 Å². The molecule has 0 bridgehead atoms. The second kappa shape index (κ2) is 9.07. The van der Waals surface area contributed by atoms with Gasteiger partial charge in [-0.2, -0.15) is 0 Å². The summed E-state index contributed by atoms with van der Waals surface area (Å²) in [5.41, 5.74) is 1.53. The molecule has 150 valence electrons. The molecule has 0 atom stereocenters. The number of amides is 2. The van der Waals surface area contributed by atoms with Crippen molar-refractivity contribution in [2.75, 3.05) is 46.4 Å². The Balaban J connectivity index is 1.57. The molecule has 1 heterocycles. The molecule has 2 aromatic rings. The van der Waals surface area contributed by atoms with Gasteiger partial charge < -0.3 is 34.3 Å². The fraction of sp³-hybridized carbons (Fsp3) is 0.350. The summed E-state index contributed by atoms with van der Waals surface area (Å²) < 4.78 is 27.0. The Labute approximate surface area is 163 Å². The lowest BCUT2D eigenvalue weighted by Gasteiger charge is -2.19. The number of anilines is 1. The number of rotatable bonds is 7. The van der Waals surface area contributed by atoms with E-state index < -0.39 is 0 Å². The molecule has 1 aliphatic rings. The number of nitrogens with one attached hydrogen (secondary N) is 2. The predicted octanol–water partition coefficient (Wildman–Crippen LogP) is 2.85. The van der Waals surface area contributed by atoms with Crippen LogP contribution in [0.1, 0.15) is 5.56 Å². The highest BCUT2D eigenvalue weighted by atomic mass is 16.6. The number of carbonyl (C=O) groups excluding carboxylic acids is 1. The number of urea groups is 1. The Kier molecular flexibility index (Phi) is 6.31. The first-order valence-electron chi connectivity index (χ1n) is 8.88. The molecule has 2 N–H and O–H groups in total. The molecule has 0 fully saturated rings. The maximum absolute atomic E-state index is 12.2. The Morgan fingerprint density at radius 3 is 2.32 bits per heavy atom. The van der Waals surface area contributed by atoms with Crippen LogP contribution in [0.5, 0.6) is 28.7 Å². The smallest absolute Gasteiger partial charge is 0.319 e. The Bertz CT molecular complexity index is 840. The van der Waals surface area contributed by atoms with Crippen LogP contribution in [0.25, 0.3) is 0 Å². The van der Waals surface area contributed by atoms with Gasteiger partial charge in [0.1, 0.15) is 19.0 Å². The molecular weight excluding hydrogens is 364 g/mol. The van der Waals surface area contributed by atoms with E-state index in [0.717, 1.165) is 5.56 Å². The fourth-order valence-corrected chi connectivity index (χ4v) is 2.89. The van der Waals surface area contributed by atoms with Crippen molar-refractivity contribution in [3.05, 3.63) is 35.9 Å². The molecule has 2 amide bonds. The van der Waals surface area contributed by atoms with Gasteiger partial charge in [0.15, 0.2) is 23.0 Å². The first kappa shape index (κ1) is 19.5. The van der Waals surface area contributed by atoms with Crippen molar-refractivity contribution in [2.24, 2.45) is 0 Å². The van der Waals surface area contributed by atoms with Gasteiger partial charge in [0.05, 0.1) is 21.3 Å². The summed E-state index contributed by atoms with van der Waals surface area (Å²) in [5.74, 6) is 3.18. The van der Waals surface area contributed by atoms with Crippen LogP contribution in [-0.2, 0) is 6.42 Å². The number of carbonyl (C=O) groups is 1. The van der Waals surface area contributed by atoms with Crippen molar-refractivity contribution in [3.8, 4) is 28.7 Å². The molecule has 0 spiro atoms. The molecule has 8 heteroatoms. The van der Waals surface area contributed by atoms with Gasteiger partial charge in [-0.1, -0.05) is 0 Å². The highest BCUT2D eigenvalue weighted by Crippen LogP contribution is 2.35. The van der Waals surface area contributed by atoms with Crippen LogP contribution < -0.4 is 34.3 Å². The van der Waals surface area contributed by atoms with Crippen molar-refractivity contribution in [1.82, 2.24) is 5.32 Å². The van der Waals surface area contributed by atoms with Crippen molar-refractivity contribution < 1.29 is 28.5 Å². The normalized spacial score (nSPS) is 12.1. The van der Waals surface area contributed by atoms with Gasteiger partial charge in [0, 0.05) is 24.4 Å². The van der Waals surface area contributed by atoms with Crippen molar-refractivity contribution in [1.29, 1.82) is 0 Å². The lowest BCUT2D eigenvalue weighted by molar-refractivity contribution is 0.171. The third-order valence-electron chi connectivity index (χ3n) is 4.27. The molecule has 28 heavy (non-hydrogen) atoms. The third kappa shape index (κ3) is 4.51. The molecule has 2 aromatic carbocycles. The van der Waals surface area contributed by atoms with Gasteiger partial charge in [-0.15, -0.1) is 0 Å². The summed E-state index contributed by atoms with van der Waals surface area (Å²) in [4.78, 5) is 12.2. The van der Waals surface area contributed by atoms with E-state index >= 15 is 0 Å². The number of ether oxygens (including phenoxy) is 5. The molecule has 0 aromatic heterocycles. The fourth-order valence-electron chi connectivity index (χ4n) is 2.89. The van der Waals surface area contributed by atoms with E-state index in [0.29, 0.717) is 60.6 Å². The first-order chi connectivity index (χ1) is 13.6. The van der Waals surface area contributed by atoms with Crippen LogP contribution >= 0.6 is 0 Å². The number of hydrogen-bond acceptors (Lipinski definition) is 6. The minimum atomic E-state index is -0.309. The summed E-state index contributed by atoms with van der Waals surface area (Å²) in [6, 6.07) is 8.59. The standard InChI is InChI=1S/C20H24N2O6/c1-24-16-12-18(26-3)17(25-2)10-13(16)6-7-21-20(23)22-14-4-5-15-19(11-14)28-9-8-27-15/h4-5,10-12H,6-9H2,1-3H3,(H2,21,22,23). The number of hydrogen-bond donors (Lipinski definition) is 2. The van der Waals surface area contributed by atoms with Gasteiger partial charge in [-0.05, 0) is 30.2 Å². The predicted molar refractivity (Wildman–Crippen MR) is 104 cm³/mol. The highest BCUT2D eigenvalue weighted by molar-refractivity contribution is 5.89. The monoisotopic (exact) mass is 388 g/mol. The second-order valence-electron chi connectivity index (χ2n) is 6.01. The average molecular weight is 388 g/mol. The SMILES string of the molecule is COc1cc(OC)c(OC)cc1CCNC(=O)Nc1ccc2c(c1)OCCO2. The van der Waals surface area contributed by atoms with Crippen molar-refractivity contribution in [2.45, 2.75) is 6.42 Å². The maximum atomic E-state index is 12.2. The quantitative estimate of drug-likeness (QED) is 0.758. The molecular formula is C20H24N2O6. The van der Waals surface area contributed by atoms with Crippen molar-refractivity contribution >= 4 is 11.7 Å². The number of benzene rings is 2. The summed E-state index contributed by atoms with van der Waals surface area (Å²) >= 11 is 0. The molecule has 3 rings (SSSR count). The lowest BCUT2D eigenvalue weighted by Crippen LogP contribution is -2.30. The van der Waals surface area contributed by atoms with Gasteiger partial charge in [0.2, 0.25) is 0 Å². The maximum Gasteiger partial charge on any atom is 0.319 e. The molecule has 8 nitrogen and oxygen atoms in total. The first-order valence-corrected chi connectivity index (χ1v) is 8.88. The van der Waals surface area contributed by atoms with E-state index in [-0.39, 0.29) is 6.03 Å². The van der Waals surface area contributed by atoms with E-state index in [1.807, 2.05) is 6.07 Å². The molecule has 0 radical (unpaired) electrons. The molecule has 0 aliphatic carbocycles. The largest absolute Gasteiger partial charge is 0.496 e.